The maximum atomic E-state index is 8.34. The van der Waals surface area contributed by atoms with Crippen molar-refractivity contribution in [2.24, 2.45) is 10.9 Å². The molecule has 1 aromatic heterocycles. The van der Waals surface area contributed by atoms with Crippen LogP contribution < -0.4 is 11.1 Å². The van der Waals surface area contributed by atoms with Gasteiger partial charge in [-0.3, -0.25) is 4.98 Å². The quantitative estimate of drug-likeness (QED) is 0.290. The molecule has 0 radical (unpaired) electrons. The van der Waals surface area contributed by atoms with E-state index < -0.39 is 0 Å². The summed E-state index contributed by atoms with van der Waals surface area (Å²) in [7, 11) is 0. The molecular weight excluding hydrogens is 192 g/mol. The first-order valence-corrected chi connectivity index (χ1v) is 4.84. The van der Waals surface area contributed by atoms with Crippen molar-refractivity contribution in [1.82, 2.24) is 10.3 Å². The molecule has 5 heteroatoms. The number of hydrogen-bond donors (Lipinski definition) is 3. The predicted octanol–water partition coefficient (Wildman–Crippen LogP) is 0.869. The number of amidine groups is 1. The van der Waals surface area contributed by atoms with E-state index in [1.54, 1.807) is 6.20 Å². The van der Waals surface area contributed by atoms with E-state index in [1.165, 1.54) is 0 Å². The van der Waals surface area contributed by atoms with Gasteiger partial charge in [0.2, 0.25) is 0 Å². The van der Waals surface area contributed by atoms with E-state index in [9.17, 15) is 0 Å². The first-order chi connectivity index (χ1) is 7.24. The summed E-state index contributed by atoms with van der Waals surface area (Å²) in [6.45, 7) is 2.68. The van der Waals surface area contributed by atoms with E-state index in [2.05, 4.69) is 15.5 Å². The Morgan fingerprint density at radius 2 is 2.47 bits per heavy atom. The zero-order valence-electron chi connectivity index (χ0n) is 8.72. The van der Waals surface area contributed by atoms with Gasteiger partial charge < -0.3 is 16.3 Å². The second kappa shape index (κ2) is 5.98. The Labute approximate surface area is 89.0 Å². The summed E-state index contributed by atoms with van der Waals surface area (Å²) in [6.07, 6.45) is 2.28. The van der Waals surface area contributed by atoms with E-state index in [1.807, 2.05) is 25.1 Å². The number of oxime groups is 1. The maximum Gasteiger partial charge on any atom is 0.140 e. The lowest BCUT2D eigenvalue weighted by Crippen LogP contribution is -2.25. The molecule has 0 saturated heterocycles. The molecule has 1 unspecified atom stereocenters. The molecule has 4 N–H and O–H groups in total. The summed E-state index contributed by atoms with van der Waals surface area (Å²) in [5.74, 6) is 0.232. The lowest BCUT2D eigenvalue weighted by atomic mass is 10.2. The van der Waals surface area contributed by atoms with Crippen molar-refractivity contribution in [1.29, 1.82) is 0 Å². The molecule has 15 heavy (non-hydrogen) atoms. The fourth-order valence-electron chi connectivity index (χ4n) is 1.20. The highest BCUT2D eigenvalue weighted by molar-refractivity contribution is 5.79. The Bertz CT molecular complexity index is 312. The van der Waals surface area contributed by atoms with Crippen LogP contribution >= 0.6 is 0 Å². The Hall–Kier alpha value is -1.62. The molecule has 0 aliphatic heterocycles. The van der Waals surface area contributed by atoms with Gasteiger partial charge in [0.15, 0.2) is 0 Å². The molecule has 1 aromatic rings. The number of pyridine rings is 1. The second-order valence-corrected chi connectivity index (χ2v) is 3.27. The minimum absolute atomic E-state index is 0.165. The van der Waals surface area contributed by atoms with Crippen LogP contribution in [0.4, 0.5) is 0 Å². The van der Waals surface area contributed by atoms with Crippen LogP contribution in [-0.4, -0.2) is 22.6 Å². The molecule has 1 atom stereocenters. The first-order valence-electron chi connectivity index (χ1n) is 4.84. The highest BCUT2D eigenvalue weighted by Crippen LogP contribution is 2.06. The number of rotatable bonds is 5. The largest absolute Gasteiger partial charge is 0.409 e. The van der Waals surface area contributed by atoms with Gasteiger partial charge in [0.25, 0.3) is 0 Å². The smallest absolute Gasteiger partial charge is 0.140 e. The molecule has 0 saturated carbocycles. The molecule has 0 aromatic carbocycles. The number of aromatic nitrogens is 1. The summed E-state index contributed by atoms with van der Waals surface area (Å²) < 4.78 is 0. The van der Waals surface area contributed by atoms with Gasteiger partial charge in [-0.15, -0.1) is 0 Å². The SMILES string of the molecule is CC(NCCC(N)=NO)c1ccccn1. The lowest BCUT2D eigenvalue weighted by molar-refractivity contribution is 0.316. The van der Waals surface area contributed by atoms with Crippen molar-refractivity contribution in [2.45, 2.75) is 19.4 Å². The molecule has 0 fully saturated rings. The van der Waals surface area contributed by atoms with Gasteiger partial charge in [-0.1, -0.05) is 11.2 Å². The van der Waals surface area contributed by atoms with Gasteiger partial charge in [-0.05, 0) is 19.1 Å². The molecule has 0 amide bonds. The Morgan fingerprint density at radius 1 is 1.67 bits per heavy atom. The van der Waals surface area contributed by atoms with E-state index >= 15 is 0 Å². The van der Waals surface area contributed by atoms with Crippen molar-refractivity contribution in [3.63, 3.8) is 0 Å². The van der Waals surface area contributed by atoms with Crippen molar-refractivity contribution < 1.29 is 5.21 Å². The number of nitrogens with one attached hydrogen (secondary N) is 1. The van der Waals surface area contributed by atoms with Crippen molar-refractivity contribution >= 4 is 5.84 Å². The van der Waals surface area contributed by atoms with Gasteiger partial charge in [0.05, 0.1) is 5.69 Å². The van der Waals surface area contributed by atoms with Crippen molar-refractivity contribution in [2.75, 3.05) is 6.54 Å². The fraction of sp³-hybridized carbons (Fsp3) is 0.400. The molecule has 5 nitrogen and oxygen atoms in total. The first kappa shape index (κ1) is 11.5. The van der Waals surface area contributed by atoms with Crippen LogP contribution in [0.25, 0.3) is 0 Å². The van der Waals surface area contributed by atoms with Crippen LogP contribution in [0.3, 0.4) is 0 Å². The average molecular weight is 208 g/mol. The van der Waals surface area contributed by atoms with Gasteiger partial charge in [-0.25, -0.2) is 0 Å². The molecule has 82 valence electrons. The third-order valence-electron chi connectivity index (χ3n) is 2.09. The molecule has 1 rings (SSSR count). The van der Waals surface area contributed by atoms with Crippen LogP contribution in [0.5, 0.6) is 0 Å². The van der Waals surface area contributed by atoms with Crippen molar-refractivity contribution in [3.05, 3.63) is 30.1 Å². The van der Waals surface area contributed by atoms with Crippen LogP contribution in [0.2, 0.25) is 0 Å². The second-order valence-electron chi connectivity index (χ2n) is 3.27. The summed E-state index contributed by atoms with van der Waals surface area (Å²) >= 11 is 0. The van der Waals surface area contributed by atoms with E-state index in [0.29, 0.717) is 13.0 Å². The van der Waals surface area contributed by atoms with Crippen LogP contribution in [0.1, 0.15) is 25.1 Å². The monoisotopic (exact) mass is 208 g/mol. The summed E-state index contributed by atoms with van der Waals surface area (Å²) in [5, 5.41) is 14.5. The zero-order chi connectivity index (χ0) is 11.1. The highest BCUT2D eigenvalue weighted by atomic mass is 16.4. The third-order valence-corrected chi connectivity index (χ3v) is 2.09. The van der Waals surface area contributed by atoms with Gasteiger partial charge in [-0.2, -0.15) is 0 Å². The van der Waals surface area contributed by atoms with Gasteiger partial charge in [0, 0.05) is 25.2 Å². The summed E-state index contributed by atoms with van der Waals surface area (Å²) in [6, 6.07) is 5.95. The van der Waals surface area contributed by atoms with Crippen LogP contribution in [-0.2, 0) is 0 Å². The lowest BCUT2D eigenvalue weighted by Gasteiger charge is -2.12. The van der Waals surface area contributed by atoms with E-state index in [4.69, 9.17) is 10.9 Å². The molecule has 0 aliphatic rings. The van der Waals surface area contributed by atoms with Gasteiger partial charge >= 0.3 is 0 Å². The Balaban J connectivity index is 2.34. The summed E-state index contributed by atoms with van der Waals surface area (Å²) in [5.41, 5.74) is 6.33. The number of nitrogens with zero attached hydrogens (tertiary/aromatic N) is 2. The molecular formula is C10H16N4O. The van der Waals surface area contributed by atoms with E-state index in [-0.39, 0.29) is 11.9 Å². The molecule has 1 heterocycles. The zero-order valence-corrected chi connectivity index (χ0v) is 8.72. The maximum absolute atomic E-state index is 8.34. The molecule has 0 bridgehead atoms. The van der Waals surface area contributed by atoms with Gasteiger partial charge in [0.1, 0.15) is 5.84 Å². The average Bonchev–Trinajstić information content (AvgIpc) is 2.29. The number of nitrogens with two attached hydrogens (primary N) is 1. The standard InChI is InChI=1S/C10H16N4O/c1-8(9-4-2-3-6-13-9)12-7-5-10(11)14-15/h2-4,6,8,12,15H,5,7H2,1H3,(H2,11,14). The highest BCUT2D eigenvalue weighted by Gasteiger charge is 2.04. The Morgan fingerprint density at radius 3 is 3.07 bits per heavy atom. The normalized spacial score (nSPS) is 13.8. The fourth-order valence-corrected chi connectivity index (χ4v) is 1.20. The summed E-state index contributed by atoms with van der Waals surface area (Å²) in [4.78, 5) is 4.22. The minimum atomic E-state index is 0.165. The molecule has 0 spiro atoms. The molecule has 0 aliphatic carbocycles. The third kappa shape index (κ3) is 3.95. The van der Waals surface area contributed by atoms with Crippen molar-refractivity contribution in [3.8, 4) is 0 Å². The van der Waals surface area contributed by atoms with Crippen LogP contribution in [0, 0.1) is 0 Å². The van der Waals surface area contributed by atoms with Crippen LogP contribution in [0.15, 0.2) is 29.6 Å². The number of hydrogen-bond acceptors (Lipinski definition) is 4. The minimum Gasteiger partial charge on any atom is -0.409 e. The Kier molecular flexibility index (Phi) is 4.56. The van der Waals surface area contributed by atoms with E-state index in [0.717, 1.165) is 5.69 Å². The predicted molar refractivity (Wildman–Crippen MR) is 58.7 cm³/mol. The topological polar surface area (TPSA) is 83.5 Å².